The summed E-state index contributed by atoms with van der Waals surface area (Å²) in [5, 5.41) is 1.88. The van der Waals surface area contributed by atoms with E-state index < -0.39 is 16.1 Å². The molecule has 0 aliphatic carbocycles. The number of carbonyl (C=O) groups excluding carboxylic acids is 1. The largest absolute Gasteiger partial charge is 0.337 e. The lowest BCUT2D eigenvalue weighted by Gasteiger charge is -2.33. The van der Waals surface area contributed by atoms with E-state index >= 15 is 0 Å². The van der Waals surface area contributed by atoms with E-state index in [1.54, 1.807) is 12.1 Å². The highest BCUT2D eigenvalue weighted by atomic mass is 32.2. The Morgan fingerprint density at radius 1 is 0.867 bits per heavy atom. The van der Waals surface area contributed by atoms with Crippen LogP contribution in [0.1, 0.15) is 24.0 Å². The van der Waals surface area contributed by atoms with Gasteiger partial charge in [0.05, 0.1) is 4.90 Å². The average Bonchev–Trinajstić information content (AvgIpc) is 3.29. The molecule has 3 aromatic rings. The highest BCUT2D eigenvalue weighted by Gasteiger charge is 2.41. The molecule has 0 radical (unpaired) electrons. The van der Waals surface area contributed by atoms with Gasteiger partial charge < -0.3 is 4.90 Å². The van der Waals surface area contributed by atoms with E-state index in [2.05, 4.69) is 6.07 Å². The molecule has 1 unspecified atom stereocenters. The van der Waals surface area contributed by atoms with Crippen LogP contribution in [-0.2, 0) is 27.8 Å². The Bertz CT molecular complexity index is 1220. The molecule has 0 spiro atoms. The van der Waals surface area contributed by atoms with Gasteiger partial charge >= 0.3 is 0 Å². The molecule has 3 aromatic carbocycles. The number of hydrogen-bond donors (Lipinski definition) is 0. The van der Waals surface area contributed by atoms with Gasteiger partial charge in [-0.25, -0.2) is 8.42 Å². The molecule has 154 valence electrons. The maximum absolute atomic E-state index is 13.4. The van der Waals surface area contributed by atoms with E-state index in [1.165, 1.54) is 9.87 Å². The lowest BCUT2D eigenvalue weighted by Crippen LogP contribution is -2.49. The highest BCUT2D eigenvalue weighted by molar-refractivity contribution is 7.89. The molecule has 1 atom stereocenters. The molecular weight excluding hydrogens is 396 g/mol. The first-order valence-electron chi connectivity index (χ1n) is 10.4. The number of rotatable bonds is 3. The third-order valence-electron chi connectivity index (χ3n) is 6.26. The second kappa shape index (κ2) is 7.52. The minimum atomic E-state index is -3.74. The molecule has 2 heterocycles. The quantitative estimate of drug-likeness (QED) is 0.651. The topological polar surface area (TPSA) is 57.7 Å². The molecule has 1 amide bonds. The van der Waals surface area contributed by atoms with Crippen molar-refractivity contribution in [1.82, 2.24) is 9.21 Å². The second-order valence-corrected chi connectivity index (χ2v) is 9.95. The van der Waals surface area contributed by atoms with Crippen LogP contribution in [0.5, 0.6) is 0 Å². The molecule has 1 saturated heterocycles. The first-order chi connectivity index (χ1) is 14.5. The van der Waals surface area contributed by atoms with Crippen molar-refractivity contribution in [2.45, 2.75) is 36.7 Å². The SMILES string of the molecule is O=C(C1CCCN1S(=O)(=O)c1ccc2ccccc2c1)N1CCc2ccccc2C1. The van der Waals surface area contributed by atoms with Crippen LogP contribution >= 0.6 is 0 Å². The number of benzene rings is 3. The number of nitrogens with zero attached hydrogens (tertiary/aromatic N) is 2. The standard InChI is InChI=1S/C24H24N2O3S/c27-24(25-15-13-19-7-2-4-9-21(19)17-25)23-10-5-14-26(23)30(28,29)22-12-11-18-6-1-3-8-20(18)16-22/h1-4,6-9,11-12,16,23H,5,10,13-15,17H2. The first kappa shape index (κ1) is 19.3. The fourth-order valence-corrected chi connectivity index (χ4v) is 6.32. The number of sulfonamides is 1. The Kier molecular flexibility index (Phi) is 4.83. The fourth-order valence-electron chi connectivity index (χ4n) is 4.63. The third kappa shape index (κ3) is 3.30. The molecule has 2 aliphatic heterocycles. The van der Waals surface area contributed by atoms with Crippen molar-refractivity contribution in [3.8, 4) is 0 Å². The number of fused-ring (bicyclic) bond motifs is 2. The molecule has 0 aromatic heterocycles. The van der Waals surface area contributed by atoms with Crippen molar-refractivity contribution in [1.29, 1.82) is 0 Å². The predicted molar refractivity (Wildman–Crippen MR) is 116 cm³/mol. The van der Waals surface area contributed by atoms with Crippen molar-refractivity contribution in [2.24, 2.45) is 0 Å². The van der Waals surface area contributed by atoms with Crippen LogP contribution in [0.2, 0.25) is 0 Å². The maximum Gasteiger partial charge on any atom is 0.243 e. The minimum Gasteiger partial charge on any atom is -0.337 e. The van der Waals surface area contributed by atoms with Gasteiger partial charge in [-0.1, -0.05) is 54.6 Å². The monoisotopic (exact) mass is 420 g/mol. The van der Waals surface area contributed by atoms with E-state index in [4.69, 9.17) is 0 Å². The van der Waals surface area contributed by atoms with Gasteiger partial charge in [-0.3, -0.25) is 4.79 Å². The summed E-state index contributed by atoms with van der Waals surface area (Å²) >= 11 is 0. The maximum atomic E-state index is 13.4. The molecule has 0 saturated carbocycles. The number of amides is 1. The summed E-state index contributed by atoms with van der Waals surface area (Å²) in [6.45, 7) is 1.57. The summed E-state index contributed by atoms with van der Waals surface area (Å²) in [5.41, 5.74) is 2.42. The lowest BCUT2D eigenvalue weighted by molar-refractivity contribution is -0.135. The van der Waals surface area contributed by atoms with E-state index in [0.29, 0.717) is 32.5 Å². The summed E-state index contributed by atoms with van der Waals surface area (Å²) in [6, 6.07) is 20.4. The summed E-state index contributed by atoms with van der Waals surface area (Å²) in [7, 11) is -3.74. The summed E-state index contributed by atoms with van der Waals surface area (Å²) < 4.78 is 28.3. The van der Waals surface area contributed by atoms with Gasteiger partial charge in [0.15, 0.2) is 0 Å². The Morgan fingerprint density at radius 3 is 2.43 bits per heavy atom. The van der Waals surface area contributed by atoms with Crippen LogP contribution < -0.4 is 0 Å². The van der Waals surface area contributed by atoms with Crippen LogP contribution in [0, 0.1) is 0 Å². The van der Waals surface area contributed by atoms with Gasteiger partial charge in [0, 0.05) is 19.6 Å². The summed E-state index contributed by atoms with van der Waals surface area (Å²) in [6.07, 6.45) is 2.09. The minimum absolute atomic E-state index is 0.0774. The van der Waals surface area contributed by atoms with Crippen LogP contribution in [-0.4, -0.2) is 42.7 Å². The van der Waals surface area contributed by atoms with Crippen LogP contribution in [0.15, 0.2) is 71.6 Å². The molecule has 6 heteroatoms. The molecular formula is C24H24N2O3S. The van der Waals surface area contributed by atoms with Crippen molar-refractivity contribution < 1.29 is 13.2 Å². The van der Waals surface area contributed by atoms with Crippen molar-refractivity contribution >= 4 is 26.7 Å². The summed E-state index contributed by atoms with van der Waals surface area (Å²) in [4.78, 5) is 15.4. The molecule has 5 nitrogen and oxygen atoms in total. The van der Waals surface area contributed by atoms with Gasteiger partial charge in [0.25, 0.3) is 0 Å². The normalized spacial score (nSPS) is 19.7. The molecule has 0 N–H and O–H groups in total. The van der Waals surface area contributed by atoms with Gasteiger partial charge in [-0.2, -0.15) is 4.31 Å². The smallest absolute Gasteiger partial charge is 0.243 e. The third-order valence-corrected chi connectivity index (χ3v) is 8.16. The Balaban J connectivity index is 1.42. The predicted octanol–water partition coefficient (Wildman–Crippen LogP) is 3.58. The second-order valence-electron chi connectivity index (χ2n) is 8.06. The summed E-state index contributed by atoms with van der Waals surface area (Å²) in [5.74, 6) is -0.0774. The van der Waals surface area contributed by atoms with E-state index in [1.807, 2.05) is 53.4 Å². The van der Waals surface area contributed by atoms with Crippen LogP contribution in [0.3, 0.4) is 0 Å². The van der Waals surface area contributed by atoms with Gasteiger partial charge in [-0.15, -0.1) is 0 Å². The number of carbonyl (C=O) groups is 1. The Hall–Kier alpha value is -2.70. The fraction of sp³-hybridized carbons (Fsp3) is 0.292. The first-order valence-corrected chi connectivity index (χ1v) is 11.8. The van der Waals surface area contributed by atoms with E-state index in [9.17, 15) is 13.2 Å². The zero-order valence-electron chi connectivity index (χ0n) is 16.7. The molecule has 30 heavy (non-hydrogen) atoms. The van der Waals surface area contributed by atoms with Crippen molar-refractivity contribution in [2.75, 3.05) is 13.1 Å². The highest BCUT2D eigenvalue weighted by Crippen LogP contribution is 2.30. The van der Waals surface area contributed by atoms with Crippen molar-refractivity contribution in [3.05, 3.63) is 77.9 Å². The molecule has 1 fully saturated rings. The van der Waals surface area contributed by atoms with Gasteiger partial charge in [-0.05, 0) is 53.3 Å². The molecule has 5 rings (SSSR count). The Morgan fingerprint density at radius 2 is 1.60 bits per heavy atom. The number of hydrogen-bond acceptors (Lipinski definition) is 3. The lowest BCUT2D eigenvalue weighted by atomic mass is 9.99. The Labute approximate surface area is 177 Å². The molecule has 2 aliphatic rings. The molecule has 0 bridgehead atoms. The average molecular weight is 421 g/mol. The zero-order chi connectivity index (χ0) is 20.7. The van der Waals surface area contributed by atoms with E-state index in [0.717, 1.165) is 22.8 Å². The van der Waals surface area contributed by atoms with Crippen molar-refractivity contribution in [3.63, 3.8) is 0 Å². The van der Waals surface area contributed by atoms with Crippen LogP contribution in [0.4, 0.5) is 0 Å². The zero-order valence-corrected chi connectivity index (χ0v) is 17.5. The van der Waals surface area contributed by atoms with Gasteiger partial charge in [0.2, 0.25) is 15.9 Å². The van der Waals surface area contributed by atoms with Crippen LogP contribution in [0.25, 0.3) is 10.8 Å². The van der Waals surface area contributed by atoms with Gasteiger partial charge in [0.1, 0.15) is 6.04 Å². The van der Waals surface area contributed by atoms with E-state index in [-0.39, 0.29) is 10.8 Å².